The topological polar surface area (TPSA) is 118 Å². The molecule has 1 amide bonds. The summed E-state index contributed by atoms with van der Waals surface area (Å²) in [5.41, 5.74) is 7.15. The minimum absolute atomic E-state index is 0.0119. The summed E-state index contributed by atoms with van der Waals surface area (Å²) in [5.74, 6) is 1.23. The fourth-order valence-corrected chi connectivity index (χ4v) is 4.73. The molecular formula is C27H42N4O5. The molecule has 1 aliphatic heterocycles. The van der Waals surface area contributed by atoms with Gasteiger partial charge in [0, 0.05) is 31.6 Å². The summed E-state index contributed by atoms with van der Waals surface area (Å²) in [4.78, 5) is 32.9. The molecule has 0 atom stereocenters. The molecule has 3 N–H and O–H groups in total. The third kappa shape index (κ3) is 8.69. The molecule has 2 aliphatic rings. The van der Waals surface area contributed by atoms with E-state index < -0.39 is 5.60 Å². The van der Waals surface area contributed by atoms with Gasteiger partial charge in [-0.15, -0.1) is 0 Å². The molecular weight excluding hydrogens is 460 g/mol. The zero-order valence-corrected chi connectivity index (χ0v) is 22.0. The number of ether oxygens (including phenoxy) is 2. The van der Waals surface area contributed by atoms with E-state index in [-0.39, 0.29) is 31.0 Å². The number of carbonyl (C=O) groups is 2. The van der Waals surface area contributed by atoms with Crippen LogP contribution < -0.4 is 10.5 Å². The van der Waals surface area contributed by atoms with Crippen LogP contribution in [0.3, 0.4) is 0 Å². The third-order valence-corrected chi connectivity index (χ3v) is 6.44. The van der Waals surface area contributed by atoms with Crippen molar-refractivity contribution in [2.24, 2.45) is 16.6 Å². The van der Waals surface area contributed by atoms with Crippen molar-refractivity contribution in [3.8, 4) is 5.75 Å². The molecule has 1 heterocycles. The standard InChI is InChI=1S/C27H42N4O5/c1-27(2,3)36-25(34)19-31-18-21-16-22(11-12-23(21)29-26(31)28)35-15-7-10-24(33)30(13-14-32)17-20-8-5-4-6-9-20/h11-12,16,20,32H,4-10,13-15,17-19H2,1-3H3,(H2,28,29). The zero-order valence-electron chi connectivity index (χ0n) is 22.0. The Labute approximate surface area is 214 Å². The molecule has 0 aromatic heterocycles. The lowest BCUT2D eigenvalue weighted by Gasteiger charge is -2.29. The lowest BCUT2D eigenvalue weighted by Crippen LogP contribution is -2.43. The van der Waals surface area contributed by atoms with E-state index in [4.69, 9.17) is 15.2 Å². The van der Waals surface area contributed by atoms with Crippen molar-refractivity contribution < 1.29 is 24.2 Å². The van der Waals surface area contributed by atoms with Crippen molar-refractivity contribution in [2.45, 2.75) is 77.9 Å². The average Bonchev–Trinajstić information content (AvgIpc) is 2.81. The first kappa shape index (κ1) is 27.8. The molecule has 1 aliphatic carbocycles. The van der Waals surface area contributed by atoms with Gasteiger partial charge in [-0.25, -0.2) is 4.99 Å². The van der Waals surface area contributed by atoms with Crippen molar-refractivity contribution in [2.75, 3.05) is 32.8 Å². The maximum Gasteiger partial charge on any atom is 0.326 e. The molecule has 9 heteroatoms. The summed E-state index contributed by atoms with van der Waals surface area (Å²) in [6.45, 7) is 7.46. The zero-order chi connectivity index (χ0) is 26.1. The monoisotopic (exact) mass is 502 g/mol. The molecule has 1 fully saturated rings. The van der Waals surface area contributed by atoms with Gasteiger partial charge in [-0.1, -0.05) is 19.3 Å². The number of guanidine groups is 1. The van der Waals surface area contributed by atoms with Crippen LogP contribution >= 0.6 is 0 Å². The molecule has 0 saturated heterocycles. The van der Waals surface area contributed by atoms with Crippen LogP contribution in [-0.4, -0.2) is 71.2 Å². The number of aliphatic hydroxyl groups excluding tert-OH is 1. The Morgan fingerprint density at radius 1 is 1.22 bits per heavy atom. The number of aliphatic imine (C=N–C) groups is 1. The highest BCUT2D eigenvalue weighted by Gasteiger charge is 2.24. The Morgan fingerprint density at radius 3 is 2.67 bits per heavy atom. The van der Waals surface area contributed by atoms with Crippen molar-refractivity contribution in [3.05, 3.63) is 23.8 Å². The van der Waals surface area contributed by atoms with Gasteiger partial charge in [0.25, 0.3) is 0 Å². The van der Waals surface area contributed by atoms with Gasteiger partial charge in [0.1, 0.15) is 17.9 Å². The van der Waals surface area contributed by atoms with Gasteiger partial charge in [0.05, 0.1) is 18.9 Å². The van der Waals surface area contributed by atoms with E-state index in [9.17, 15) is 14.7 Å². The van der Waals surface area contributed by atoms with Crippen LogP contribution in [-0.2, 0) is 20.9 Å². The second kappa shape index (κ2) is 12.9. The molecule has 0 radical (unpaired) electrons. The number of nitrogens with two attached hydrogens (primary N) is 1. The normalized spacial score (nSPS) is 16.2. The van der Waals surface area contributed by atoms with Crippen LogP contribution in [0.15, 0.2) is 23.2 Å². The van der Waals surface area contributed by atoms with Crippen LogP contribution in [0.25, 0.3) is 0 Å². The Balaban J connectivity index is 1.48. The number of carbonyl (C=O) groups excluding carboxylic acids is 2. The van der Waals surface area contributed by atoms with Crippen molar-refractivity contribution in [3.63, 3.8) is 0 Å². The highest BCUT2D eigenvalue weighted by Crippen LogP contribution is 2.29. The van der Waals surface area contributed by atoms with Crippen LogP contribution in [0, 0.1) is 5.92 Å². The Bertz CT molecular complexity index is 921. The molecule has 1 aromatic rings. The molecule has 200 valence electrons. The van der Waals surface area contributed by atoms with E-state index in [1.807, 2.05) is 43.9 Å². The van der Waals surface area contributed by atoms with Crippen LogP contribution in [0.2, 0.25) is 0 Å². The Morgan fingerprint density at radius 2 is 1.97 bits per heavy atom. The molecule has 9 nitrogen and oxygen atoms in total. The Hall–Kier alpha value is -2.81. The first-order valence-corrected chi connectivity index (χ1v) is 13.1. The van der Waals surface area contributed by atoms with Gasteiger partial charge >= 0.3 is 5.97 Å². The average molecular weight is 503 g/mol. The van der Waals surface area contributed by atoms with Crippen molar-refractivity contribution >= 4 is 23.5 Å². The molecule has 0 bridgehead atoms. The largest absolute Gasteiger partial charge is 0.494 e. The maximum absolute atomic E-state index is 12.7. The number of amides is 1. The molecule has 36 heavy (non-hydrogen) atoms. The fraction of sp³-hybridized carbons (Fsp3) is 0.667. The van der Waals surface area contributed by atoms with E-state index in [0.717, 1.165) is 17.8 Å². The SMILES string of the molecule is CC(C)(C)OC(=O)CN1Cc2cc(OCCCC(=O)N(CCO)CC3CCCCC3)ccc2N=C1N. The number of aliphatic hydroxyl groups is 1. The molecule has 1 saturated carbocycles. The van der Waals surface area contributed by atoms with E-state index in [0.29, 0.717) is 44.2 Å². The number of fused-ring (bicyclic) bond motifs is 1. The van der Waals surface area contributed by atoms with Gasteiger partial charge < -0.3 is 30.1 Å². The predicted molar refractivity (Wildman–Crippen MR) is 139 cm³/mol. The number of esters is 1. The number of hydrogen-bond donors (Lipinski definition) is 2. The predicted octanol–water partition coefficient (Wildman–Crippen LogP) is 3.35. The molecule has 0 spiro atoms. The third-order valence-electron chi connectivity index (χ3n) is 6.44. The van der Waals surface area contributed by atoms with E-state index in [1.165, 1.54) is 32.1 Å². The van der Waals surface area contributed by atoms with Gasteiger partial charge in [-0.2, -0.15) is 0 Å². The second-order valence-electron chi connectivity index (χ2n) is 10.7. The fourth-order valence-electron chi connectivity index (χ4n) is 4.73. The Kier molecular flexibility index (Phi) is 9.98. The van der Waals surface area contributed by atoms with Crippen LogP contribution in [0.4, 0.5) is 5.69 Å². The van der Waals surface area contributed by atoms with E-state index in [1.54, 1.807) is 4.90 Å². The van der Waals surface area contributed by atoms with Crippen molar-refractivity contribution in [1.29, 1.82) is 0 Å². The number of nitrogens with zero attached hydrogens (tertiary/aromatic N) is 3. The molecule has 3 rings (SSSR count). The lowest BCUT2D eigenvalue weighted by atomic mass is 9.89. The first-order chi connectivity index (χ1) is 17.1. The smallest absolute Gasteiger partial charge is 0.326 e. The van der Waals surface area contributed by atoms with Crippen LogP contribution in [0.5, 0.6) is 5.75 Å². The highest BCUT2D eigenvalue weighted by atomic mass is 16.6. The van der Waals surface area contributed by atoms with Crippen LogP contribution in [0.1, 0.15) is 71.3 Å². The molecule has 0 unspecified atom stereocenters. The first-order valence-electron chi connectivity index (χ1n) is 13.1. The van der Waals surface area contributed by atoms with E-state index >= 15 is 0 Å². The van der Waals surface area contributed by atoms with E-state index in [2.05, 4.69) is 4.99 Å². The number of rotatable bonds is 11. The summed E-state index contributed by atoms with van der Waals surface area (Å²) in [6.07, 6.45) is 7.07. The lowest BCUT2D eigenvalue weighted by molar-refractivity contribution is -0.155. The van der Waals surface area contributed by atoms with Gasteiger partial charge in [-0.3, -0.25) is 9.59 Å². The number of hydrogen-bond acceptors (Lipinski definition) is 8. The van der Waals surface area contributed by atoms with Crippen molar-refractivity contribution in [1.82, 2.24) is 9.80 Å². The minimum atomic E-state index is -0.565. The summed E-state index contributed by atoms with van der Waals surface area (Å²) in [6, 6.07) is 5.58. The molecule has 1 aromatic carbocycles. The van der Waals surface area contributed by atoms with Gasteiger partial charge in [-0.05, 0) is 64.2 Å². The second-order valence-corrected chi connectivity index (χ2v) is 10.7. The van der Waals surface area contributed by atoms with Gasteiger partial charge in [0.2, 0.25) is 5.91 Å². The number of benzene rings is 1. The summed E-state index contributed by atoms with van der Waals surface area (Å²) >= 11 is 0. The summed E-state index contributed by atoms with van der Waals surface area (Å²) in [5, 5.41) is 9.40. The quantitative estimate of drug-likeness (QED) is 0.352. The minimum Gasteiger partial charge on any atom is -0.494 e. The maximum atomic E-state index is 12.7. The highest BCUT2D eigenvalue weighted by molar-refractivity contribution is 5.87. The summed E-state index contributed by atoms with van der Waals surface area (Å²) < 4.78 is 11.3. The summed E-state index contributed by atoms with van der Waals surface area (Å²) in [7, 11) is 0. The van der Waals surface area contributed by atoms with Gasteiger partial charge in [0.15, 0.2) is 5.96 Å².